The number of hydrogen-bond acceptors (Lipinski definition) is 7. The number of rotatable bonds is 5. The molecule has 9 nitrogen and oxygen atoms in total. The van der Waals surface area contributed by atoms with Crippen LogP contribution in [0, 0.1) is 5.82 Å². The summed E-state index contributed by atoms with van der Waals surface area (Å²) in [7, 11) is 3.06. The van der Waals surface area contributed by atoms with Crippen molar-refractivity contribution >= 4 is 40.3 Å². The molecule has 4 rings (SSSR count). The van der Waals surface area contributed by atoms with E-state index >= 15 is 0 Å². The molecule has 11 heteroatoms. The van der Waals surface area contributed by atoms with Crippen LogP contribution in [0.4, 0.5) is 26.2 Å². The fourth-order valence-electron chi connectivity index (χ4n) is 3.39. The average molecular weight is 472 g/mol. The molecule has 1 aromatic heterocycles. The number of thiazole rings is 1. The zero-order valence-electron chi connectivity index (χ0n) is 18.0. The molecule has 0 bridgehead atoms. The number of carbonyl (C=O) groups excluding carboxylic acids is 2. The number of nitrogens with two attached hydrogens (primary N) is 1. The van der Waals surface area contributed by atoms with Crippen molar-refractivity contribution < 1.29 is 23.5 Å². The molecule has 4 N–H and O–H groups in total. The maximum Gasteiger partial charge on any atom is 0.322 e. The van der Waals surface area contributed by atoms with Gasteiger partial charge in [0, 0.05) is 29.6 Å². The number of urea groups is 1. The Bertz CT molecular complexity index is 1220. The number of benzene rings is 2. The number of nitrogens with one attached hydrogen (secondary N) is 2. The van der Waals surface area contributed by atoms with Crippen LogP contribution in [0.2, 0.25) is 0 Å². The minimum absolute atomic E-state index is 0.184. The first-order chi connectivity index (χ1) is 15.9. The number of nitrogen functional groups attached to an aromatic ring is 1. The van der Waals surface area contributed by atoms with Gasteiger partial charge >= 0.3 is 6.03 Å². The maximum atomic E-state index is 13.5. The van der Waals surface area contributed by atoms with Crippen LogP contribution in [0.3, 0.4) is 0 Å². The van der Waals surface area contributed by atoms with Crippen LogP contribution in [-0.4, -0.2) is 42.6 Å². The molecule has 0 spiro atoms. The Morgan fingerprint density at radius 1 is 1.12 bits per heavy atom. The van der Waals surface area contributed by atoms with Gasteiger partial charge in [-0.25, -0.2) is 14.2 Å². The molecular formula is C22H22FN5O4S. The summed E-state index contributed by atoms with van der Waals surface area (Å²) in [6, 6.07) is 8.59. The Labute approximate surface area is 193 Å². The summed E-state index contributed by atoms with van der Waals surface area (Å²) in [5, 5.41) is 5.67. The number of anilines is 3. The first-order valence-electron chi connectivity index (χ1n) is 10.0. The van der Waals surface area contributed by atoms with E-state index < -0.39 is 11.7 Å². The molecule has 0 aliphatic carbocycles. The molecule has 0 saturated carbocycles. The molecule has 3 amide bonds. The molecule has 0 fully saturated rings. The number of nitrogens with zero attached hydrogens (tertiary/aromatic N) is 2. The zero-order valence-corrected chi connectivity index (χ0v) is 18.8. The van der Waals surface area contributed by atoms with Crippen LogP contribution in [0.5, 0.6) is 11.5 Å². The SMILES string of the molecule is COc1ccc(NC(=O)N2CCc3nc(C(=O)Nc4cc(F)ccc4N)sc3C2)cc1OC. The van der Waals surface area contributed by atoms with Gasteiger partial charge in [0.1, 0.15) is 5.82 Å². The van der Waals surface area contributed by atoms with Gasteiger partial charge in [0.05, 0.1) is 37.8 Å². The lowest BCUT2D eigenvalue weighted by molar-refractivity contribution is 0.102. The molecule has 0 atom stereocenters. The Balaban J connectivity index is 1.43. The largest absolute Gasteiger partial charge is 0.493 e. The van der Waals surface area contributed by atoms with Crippen molar-refractivity contribution in [1.29, 1.82) is 0 Å². The topological polar surface area (TPSA) is 119 Å². The Morgan fingerprint density at radius 3 is 2.67 bits per heavy atom. The van der Waals surface area contributed by atoms with Gasteiger partial charge in [0.15, 0.2) is 16.5 Å². The lowest BCUT2D eigenvalue weighted by atomic mass is 10.2. The fourth-order valence-corrected chi connectivity index (χ4v) is 4.41. The predicted octanol–water partition coefficient (Wildman–Crippen LogP) is 3.72. The summed E-state index contributed by atoms with van der Waals surface area (Å²) in [5.74, 6) is 0.0870. The third-order valence-electron chi connectivity index (χ3n) is 5.11. The molecule has 1 aliphatic rings. The lowest BCUT2D eigenvalue weighted by Crippen LogP contribution is -2.38. The number of aromatic nitrogens is 1. The van der Waals surface area contributed by atoms with Gasteiger partial charge in [0.25, 0.3) is 5.91 Å². The van der Waals surface area contributed by atoms with E-state index in [0.717, 1.165) is 16.6 Å². The quantitative estimate of drug-likeness (QED) is 0.488. The second-order valence-electron chi connectivity index (χ2n) is 7.25. The van der Waals surface area contributed by atoms with Crippen molar-refractivity contribution in [2.45, 2.75) is 13.0 Å². The number of amides is 3. The summed E-state index contributed by atoms with van der Waals surface area (Å²) < 4.78 is 23.9. The highest BCUT2D eigenvalue weighted by Gasteiger charge is 2.26. The van der Waals surface area contributed by atoms with Crippen molar-refractivity contribution in [1.82, 2.24) is 9.88 Å². The maximum absolute atomic E-state index is 13.5. The first kappa shape index (κ1) is 22.3. The van der Waals surface area contributed by atoms with Crippen LogP contribution in [0.25, 0.3) is 0 Å². The molecule has 0 radical (unpaired) electrons. The number of fused-ring (bicyclic) bond motifs is 1. The van der Waals surface area contributed by atoms with E-state index in [2.05, 4.69) is 15.6 Å². The van der Waals surface area contributed by atoms with E-state index in [4.69, 9.17) is 15.2 Å². The van der Waals surface area contributed by atoms with Gasteiger partial charge in [0.2, 0.25) is 0 Å². The fraction of sp³-hybridized carbons (Fsp3) is 0.227. The van der Waals surface area contributed by atoms with Crippen molar-refractivity contribution in [3.8, 4) is 11.5 Å². The summed E-state index contributed by atoms with van der Waals surface area (Å²) in [4.78, 5) is 32.3. The Hall–Kier alpha value is -3.86. The van der Waals surface area contributed by atoms with Crippen molar-refractivity contribution in [3.05, 3.63) is 57.8 Å². The average Bonchev–Trinajstić information content (AvgIpc) is 3.25. The van der Waals surface area contributed by atoms with E-state index in [1.54, 1.807) is 23.1 Å². The molecule has 33 heavy (non-hydrogen) atoms. The van der Waals surface area contributed by atoms with Gasteiger partial charge in [-0.05, 0) is 30.3 Å². The summed E-state index contributed by atoms with van der Waals surface area (Å²) in [6.07, 6.45) is 0.514. The minimum atomic E-state index is -0.505. The van der Waals surface area contributed by atoms with Gasteiger partial charge in [-0.15, -0.1) is 11.3 Å². The standard InChI is InChI=1S/C22H22FN5O4S/c1-31-17-6-4-13(10-18(17)32-2)25-22(30)28-8-7-15-19(11-28)33-21(27-15)20(29)26-16-9-12(23)3-5-14(16)24/h3-6,9-10H,7-8,11,24H2,1-2H3,(H,25,30)(H,26,29). The number of methoxy groups -OCH3 is 2. The smallest absolute Gasteiger partial charge is 0.322 e. The van der Waals surface area contributed by atoms with Crippen LogP contribution in [0.1, 0.15) is 20.4 Å². The second kappa shape index (κ2) is 9.33. The van der Waals surface area contributed by atoms with Crippen molar-refractivity contribution in [2.75, 3.05) is 37.1 Å². The molecule has 0 unspecified atom stereocenters. The normalized spacial score (nSPS) is 12.6. The molecule has 2 aromatic carbocycles. The van der Waals surface area contributed by atoms with Crippen LogP contribution < -0.4 is 25.8 Å². The van der Waals surface area contributed by atoms with E-state index in [1.807, 2.05) is 0 Å². The number of halogens is 1. The van der Waals surface area contributed by atoms with Crippen LogP contribution in [0.15, 0.2) is 36.4 Å². The third-order valence-corrected chi connectivity index (χ3v) is 6.19. The van der Waals surface area contributed by atoms with Crippen molar-refractivity contribution in [3.63, 3.8) is 0 Å². The molecule has 0 saturated heterocycles. The van der Waals surface area contributed by atoms with E-state index in [1.165, 1.54) is 37.7 Å². The lowest BCUT2D eigenvalue weighted by Gasteiger charge is -2.26. The summed E-state index contributed by atoms with van der Waals surface area (Å²) in [5.41, 5.74) is 7.58. The van der Waals surface area contributed by atoms with Gasteiger partial charge in [-0.1, -0.05) is 0 Å². The number of hydrogen-bond donors (Lipinski definition) is 3. The molecule has 3 aromatic rings. The van der Waals surface area contributed by atoms with Crippen LogP contribution >= 0.6 is 11.3 Å². The van der Waals surface area contributed by atoms with Crippen LogP contribution in [-0.2, 0) is 13.0 Å². The summed E-state index contributed by atoms with van der Waals surface area (Å²) in [6.45, 7) is 0.773. The number of carbonyl (C=O) groups is 2. The highest BCUT2D eigenvalue weighted by molar-refractivity contribution is 7.13. The van der Waals surface area contributed by atoms with Gasteiger partial charge in [-0.3, -0.25) is 4.79 Å². The molecular weight excluding hydrogens is 449 g/mol. The third kappa shape index (κ3) is 4.82. The predicted molar refractivity (Wildman–Crippen MR) is 124 cm³/mol. The highest BCUT2D eigenvalue weighted by atomic mass is 32.1. The first-order valence-corrected chi connectivity index (χ1v) is 10.8. The zero-order chi connectivity index (χ0) is 23.5. The van der Waals surface area contributed by atoms with Gasteiger partial charge < -0.3 is 30.7 Å². The Kier molecular flexibility index (Phi) is 6.31. The summed E-state index contributed by atoms with van der Waals surface area (Å²) >= 11 is 1.20. The minimum Gasteiger partial charge on any atom is -0.493 e. The van der Waals surface area contributed by atoms with E-state index in [9.17, 15) is 14.0 Å². The van der Waals surface area contributed by atoms with Gasteiger partial charge in [-0.2, -0.15) is 0 Å². The Morgan fingerprint density at radius 2 is 1.91 bits per heavy atom. The molecule has 2 heterocycles. The monoisotopic (exact) mass is 471 g/mol. The van der Waals surface area contributed by atoms with E-state index in [0.29, 0.717) is 36.7 Å². The molecule has 1 aliphatic heterocycles. The number of ether oxygens (including phenoxy) is 2. The van der Waals surface area contributed by atoms with E-state index in [-0.39, 0.29) is 22.4 Å². The second-order valence-corrected chi connectivity index (χ2v) is 8.33. The van der Waals surface area contributed by atoms with Crippen molar-refractivity contribution in [2.24, 2.45) is 0 Å². The highest BCUT2D eigenvalue weighted by Crippen LogP contribution is 2.31. The molecule has 172 valence electrons.